The van der Waals surface area contributed by atoms with Crippen molar-refractivity contribution in [2.75, 3.05) is 25.0 Å². The number of carbonyl (C=O) groups is 1. The van der Waals surface area contributed by atoms with Crippen LogP contribution in [0.25, 0.3) is 5.69 Å². The molecule has 24 heavy (non-hydrogen) atoms. The number of hydrogen-bond acceptors (Lipinski definition) is 3. The van der Waals surface area contributed by atoms with E-state index < -0.39 is 0 Å². The second-order valence-corrected chi connectivity index (χ2v) is 5.87. The van der Waals surface area contributed by atoms with Crippen molar-refractivity contribution >= 4 is 11.7 Å². The number of aromatic nitrogens is 2. The molecule has 0 spiro atoms. The lowest BCUT2D eigenvalue weighted by atomic mass is 10.3. The summed E-state index contributed by atoms with van der Waals surface area (Å²) < 4.78 is 14.7. The van der Waals surface area contributed by atoms with Gasteiger partial charge in [0, 0.05) is 12.6 Å². The zero-order valence-corrected chi connectivity index (χ0v) is 14.3. The number of nitrogens with zero attached hydrogens (tertiary/aromatic N) is 3. The van der Waals surface area contributed by atoms with Crippen molar-refractivity contribution in [3.8, 4) is 5.69 Å². The average Bonchev–Trinajstić information content (AvgIpc) is 2.87. The Morgan fingerprint density at radius 1 is 1.33 bits per heavy atom. The smallest absolute Gasteiger partial charge is 0.239 e. The Morgan fingerprint density at radius 3 is 2.58 bits per heavy atom. The molecule has 0 atom stereocenters. The second-order valence-electron chi connectivity index (χ2n) is 5.87. The quantitative estimate of drug-likeness (QED) is 0.794. The first kappa shape index (κ1) is 17.9. The molecule has 0 bridgehead atoms. The van der Waals surface area contributed by atoms with Crippen molar-refractivity contribution in [2.45, 2.75) is 20.8 Å². The fraction of sp³-hybridized carbons (Fsp3) is 0.333. The minimum Gasteiger partial charge on any atom is -0.309 e. The van der Waals surface area contributed by atoms with Crippen LogP contribution in [-0.4, -0.2) is 40.2 Å². The molecular weight excluding hydrogens is 307 g/mol. The Kier molecular flexibility index (Phi) is 5.87. The molecule has 2 rings (SSSR count). The highest BCUT2D eigenvalue weighted by molar-refractivity contribution is 5.91. The number of halogens is 1. The Bertz CT molecular complexity index is 721. The highest BCUT2D eigenvalue weighted by Gasteiger charge is 2.13. The lowest BCUT2D eigenvalue weighted by Crippen LogP contribution is -2.34. The molecule has 0 fully saturated rings. The van der Waals surface area contributed by atoms with Gasteiger partial charge in [0.15, 0.2) is 0 Å². The normalized spacial score (nSPS) is 10.9. The van der Waals surface area contributed by atoms with E-state index in [1.54, 1.807) is 22.9 Å². The molecule has 1 N–H and O–H groups in total. The van der Waals surface area contributed by atoms with Gasteiger partial charge in [0.2, 0.25) is 5.91 Å². The van der Waals surface area contributed by atoms with Crippen LogP contribution in [0.2, 0.25) is 0 Å². The van der Waals surface area contributed by atoms with Gasteiger partial charge in [-0.1, -0.05) is 19.1 Å². The van der Waals surface area contributed by atoms with Crippen LogP contribution in [-0.2, 0) is 4.79 Å². The number of nitrogens with one attached hydrogen (secondary N) is 1. The maximum Gasteiger partial charge on any atom is 0.239 e. The number of benzene rings is 1. The van der Waals surface area contributed by atoms with Crippen molar-refractivity contribution in [2.24, 2.45) is 0 Å². The van der Waals surface area contributed by atoms with Gasteiger partial charge in [-0.2, -0.15) is 5.10 Å². The van der Waals surface area contributed by atoms with E-state index in [4.69, 9.17) is 0 Å². The predicted octanol–water partition coefficient (Wildman–Crippen LogP) is 3.16. The summed E-state index contributed by atoms with van der Waals surface area (Å²) in [4.78, 5) is 14.3. The summed E-state index contributed by atoms with van der Waals surface area (Å²) in [5.74, 6) is 0.128. The van der Waals surface area contributed by atoms with E-state index in [1.807, 2.05) is 25.7 Å². The molecule has 0 aliphatic heterocycles. The average molecular weight is 330 g/mol. The van der Waals surface area contributed by atoms with E-state index in [2.05, 4.69) is 17.0 Å². The molecule has 0 unspecified atom stereocenters. The van der Waals surface area contributed by atoms with Gasteiger partial charge < -0.3 is 5.32 Å². The monoisotopic (exact) mass is 330 g/mol. The standard InChI is InChI=1S/C18H23FN4O/c1-5-22(11-13(2)3)12-18(24)20-17-10-14(4)21-23(17)16-8-6-15(19)7-9-16/h6-10H,2,5,11-12H2,1,3-4H3,(H,20,24). The number of rotatable bonds is 7. The van der Waals surface area contributed by atoms with Crippen molar-refractivity contribution in [1.29, 1.82) is 0 Å². The van der Waals surface area contributed by atoms with Crippen LogP contribution in [0.4, 0.5) is 10.2 Å². The summed E-state index contributed by atoms with van der Waals surface area (Å²) in [5.41, 5.74) is 2.47. The molecule has 1 aromatic carbocycles. The molecule has 0 saturated heterocycles. The van der Waals surface area contributed by atoms with Crippen LogP contribution in [0.1, 0.15) is 19.5 Å². The third-order valence-corrected chi connectivity index (χ3v) is 3.48. The number of amides is 1. The maximum absolute atomic E-state index is 13.1. The molecule has 0 saturated carbocycles. The summed E-state index contributed by atoms with van der Waals surface area (Å²) in [6.07, 6.45) is 0. The molecule has 1 aromatic heterocycles. The lowest BCUT2D eigenvalue weighted by Gasteiger charge is -2.19. The van der Waals surface area contributed by atoms with Gasteiger partial charge in [-0.15, -0.1) is 0 Å². The van der Waals surface area contributed by atoms with Gasteiger partial charge in [-0.25, -0.2) is 9.07 Å². The number of likely N-dealkylation sites (N-methyl/N-ethyl adjacent to an activating group) is 1. The SMILES string of the molecule is C=C(C)CN(CC)CC(=O)Nc1cc(C)nn1-c1ccc(F)cc1. The Hall–Kier alpha value is -2.47. The minimum atomic E-state index is -0.313. The Morgan fingerprint density at radius 2 is 2.00 bits per heavy atom. The summed E-state index contributed by atoms with van der Waals surface area (Å²) in [7, 11) is 0. The maximum atomic E-state index is 13.1. The molecule has 5 nitrogen and oxygen atoms in total. The second kappa shape index (κ2) is 7.88. The highest BCUT2D eigenvalue weighted by atomic mass is 19.1. The fourth-order valence-electron chi connectivity index (χ4n) is 2.41. The molecule has 0 aliphatic rings. The van der Waals surface area contributed by atoms with Gasteiger partial charge in [0.25, 0.3) is 0 Å². The molecular formula is C18H23FN4O. The number of anilines is 1. The molecule has 1 amide bonds. The first-order valence-corrected chi connectivity index (χ1v) is 7.88. The van der Waals surface area contributed by atoms with Crippen molar-refractivity contribution in [1.82, 2.24) is 14.7 Å². The fourth-order valence-corrected chi connectivity index (χ4v) is 2.41. The van der Waals surface area contributed by atoms with Crippen LogP contribution in [0.5, 0.6) is 0 Å². The predicted molar refractivity (Wildman–Crippen MR) is 93.8 cm³/mol. The first-order valence-electron chi connectivity index (χ1n) is 7.88. The van der Waals surface area contributed by atoms with Crippen LogP contribution in [0.15, 0.2) is 42.5 Å². The summed E-state index contributed by atoms with van der Waals surface area (Å²) >= 11 is 0. The van der Waals surface area contributed by atoms with Crippen molar-refractivity contribution < 1.29 is 9.18 Å². The third kappa shape index (κ3) is 4.76. The van der Waals surface area contributed by atoms with Gasteiger partial charge in [0.1, 0.15) is 11.6 Å². The largest absolute Gasteiger partial charge is 0.309 e. The van der Waals surface area contributed by atoms with Crippen LogP contribution < -0.4 is 5.32 Å². The van der Waals surface area contributed by atoms with Gasteiger partial charge in [0.05, 0.1) is 17.9 Å². The number of carbonyl (C=O) groups excluding carboxylic acids is 1. The topological polar surface area (TPSA) is 50.2 Å². The zero-order chi connectivity index (χ0) is 17.7. The highest BCUT2D eigenvalue weighted by Crippen LogP contribution is 2.17. The molecule has 0 aliphatic carbocycles. The van der Waals surface area contributed by atoms with E-state index in [-0.39, 0.29) is 18.3 Å². The lowest BCUT2D eigenvalue weighted by molar-refractivity contribution is -0.117. The van der Waals surface area contributed by atoms with E-state index in [9.17, 15) is 9.18 Å². The van der Waals surface area contributed by atoms with Crippen LogP contribution in [0.3, 0.4) is 0 Å². The van der Waals surface area contributed by atoms with Gasteiger partial charge in [-0.05, 0) is 44.7 Å². The van der Waals surface area contributed by atoms with E-state index in [0.717, 1.165) is 17.8 Å². The van der Waals surface area contributed by atoms with E-state index in [1.165, 1.54) is 12.1 Å². The van der Waals surface area contributed by atoms with Crippen molar-refractivity contribution in [3.05, 3.63) is 54.0 Å². The van der Waals surface area contributed by atoms with Gasteiger partial charge >= 0.3 is 0 Å². The van der Waals surface area contributed by atoms with E-state index in [0.29, 0.717) is 18.1 Å². The number of hydrogen-bond donors (Lipinski definition) is 1. The molecule has 2 aromatic rings. The molecule has 1 heterocycles. The van der Waals surface area contributed by atoms with Gasteiger partial charge in [-0.3, -0.25) is 9.69 Å². The molecule has 6 heteroatoms. The zero-order valence-electron chi connectivity index (χ0n) is 14.3. The Labute approximate surface area is 141 Å². The minimum absolute atomic E-state index is 0.124. The van der Waals surface area contributed by atoms with E-state index >= 15 is 0 Å². The summed E-state index contributed by atoms with van der Waals surface area (Å²) in [5, 5.41) is 7.24. The molecule has 128 valence electrons. The van der Waals surface area contributed by atoms with Crippen molar-refractivity contribution in [3.63, 3.8) is 0 Å². The van der Waals surface area contributed by atoms with Crippen LogP contribution >= 0.6 is 0 Å². The summed E-state index contributed by atoms with van der Waals surface area (Å²) in [6, 6.07) is 7.76. The molecule has 0 radical (unpaired) electrons. The third-order valence-electron chi connectivity index (χ3n) is 3.48. The van der Waals surface area contributed by atoms with Crippen LogP contribution in [0, 0.1) is 12.7 Å². The Balaban J connectivity index is 2.13. The first-order chi connectivity index (χ1) is 11.4. The summed E-state index contributed by atoms with van der Waals surface area (Å²) in [6.45, 7) is 11.4. The number of aryl methyl sites for hydroxylation is 1.